The number of rotatable bonds is 9. The highest BCUT2D eigenvalue weighted by Crippen LogP contribution is 2.31. The predicted octanol–water partition coefficient (Wildman–Crippen LogP) is 3.30. The monoisotopic (exact) mass is 593 g/mol. The molecule has 1 aromatic heterocycles. The number of alkyl halides is 6. The normalized spacial score (nSPS) is 13.5. The summed E-state index contributed by atoms with van der Waals surface area (Å²) in [6, 6.07) is 8.34. The van der Waals surface area contributed by atoms with Crippen LogP contribution in [0, 0.1) is 0 Å². The molecule has 2 amide bonds. The van der Waals surface area contributed by atoms with Gasteiger partial charge in [0.1, 0.15) is 6.54 Å². The number of hydrogen-bond acceptors (Lipinski definition) is 5. The second kappa shape index (κ2) is 12.1. The van der Waals surface area contributed by atoms with Gasteiger partial charge in [-0.3, -0.25) is 14.2 Å². The van der Waals surface area contributed by atoms with Gasteiger partial charge in [0.05, 0.1) is 18.2 Å². The van der Waals surface area contributed by atoms with E-state index in [-0.39, 0.29) is 28.5 Å². The highest BCUT2D eigenvalue weighted by Gasteiger charge is 2.39. The summed E-state index contributed by atoms with van der Waals surface area (Å²) in [5.41, 5.74) is -2.02. The smallest absolute Gasteiger partial charge is 0.382 e. The first-order valence-corrected chi connectivity index (χ1v) is 11.8. The van der Waals surface area contributed by atoms with Gasteiger partial charge in [0.2, 0.25) is 11.8 Å². The van der Waals surface area contributed by atoms with Crippen LogP contribution in [0.2, 0.25) is 5.02 Å². The fourth-order valence-electron chi connectivity index (χ4n) is 3.60. The van der Waals surface area contributed by atoms with E-state index in [9.17, 15) is 45.8 Å². The standard InChI is InChI=1S/C24H22ClF6N5O4/c1-13(37)32-10-18(15-3-2-4-16(9-15)23(26,27)28)33-20(39)12-36-22(40)35(11-19(38)24(29,30)31)21(34-36)14-5-7-17(25)8-6-14/h2-9,18-19,38H,10-12H2,1H3,(H,32,37)(H,33,39)/t18?,19-/m0/s1. The summed E-state index contributed by atoms with van der Waals surface area (Å²) in [6.07, 6.45) is -12.7. The van der Waals surface area contributed by atoms with Crippen molar-refractivity contribution in [2.75, 3.05) is 6.54 Å². The van der Waals surface area contributed by atoms with Gasteiger partial charge in [-0.2, -0.15) is 26.3 Å². The summed E-state index contributed by atoms with van der Waals surface area (Å²) < 4.78 is 79.8. The Kier molecular flexibility index (Phi) is 9.30. The fraction of sp³-hybridized carbons (Fsp3) is 0.333. The van der Waals surface area contributed by atoms with Gasteiger partial charge in [0.15, 0.2) is 11.9 Å². The van der Waals surface area contributed by atoms with E-state index >= 15 is 0 Å². The van der Waals surface area contributed by atoms with Crippen molar-refractivity contribution in [3.63, 3.8) is 0 Å². The maximum absolute atomic E-state index is 13.2. The molecule has 0 spiro atoms. The highest BCUT2D eigenvalue weighted by atomic mass is 35.5. The molecule has 0 aliphatic carbocycles. The minimum atomic E-state index is -5.06. The van der Waals surface area contributed by atoms with Crippen molar-refractivity contribution >= 4 is 23.4 Å². The molecule has 0 saturated carbocycles. The average Bonchev–Trinajstić information content (AvgIpc) is 3.15. The van der Waals surface area contributed by atoms with Crippen LogP contribution in [0.15, 0.2) is 53.3 Å². The van der Waals surface area contributed by atoms with Crippen molar-refractivity contribution in [1.82, 2.24) is 25.0 Å². The van der Waals surface area contributed by atoms with E-state index < -0.39 is 60.7 Å². The van der Waals surface area contributed by atoms with Crippen LogP contribution in [0.4, 0.5) is 26.3 Å². The topological polar surface area (TPSA) is 118 Å². The van der Waals surface area contributed by atoms with Crippen molar-refractivity contribution < 1.29 is 41.0 Å². The Hall–Kier alpha value is -3.85. The molecule has 2 atom stereocenters. The van der Waals surface area contributed by atoms with Crippen LogP contribution < -0.4 is 16.3 Å². The molecule has 216 valence electrons. The van der Waals surface area contributed by atoms with Gasteiger partial charge in [-0.15, -0.1) is 5.10 Å². The molecular weight excluding hydrogens is 572 g/mol. The molecule has 2 aromatic carbocycles. The summed E-state index contributed by atoms with van der Waals surface area (Å²) in [6.45, 7) is -1.22. The third-order valence-corrected chi connectivity index (χ3v) is 5.81. The van der Waals surface area contributed by atoms with Crippen LogP contribution in [-0.4, -0.2) is 50.1 Å². The third kappa shape index (κ3) is 7.85. The second-order valence-corrected chi connectivity index (χ2v) is 9.06. The van der Waals surface area contributed by atoms with Crippen molar-refractivity contribution in [2.45, 2.75) is 44.5 Å². The molecule has 16 heteroatoms. The van der Waals surface area contributed by atoms with Crippen LogP contribution in [0.25, 0.3) is 11.4 Å². The summed E-state index contributed by atoms with van der Waals surface area (Å²) in [4.78, 5) is 37.2. The summed E-state index contributed by atoms with van der Waals surface area (Å²) in [5, 5.41) is 18.6. The van der Waals surface area contributed by atoms with Gasteiger partial charge in [0.25, 0.3) is 0 Å². The molecule has 1 unspecified atom stereocenters. The fourth-order valence-corrected chi connectivity index (χ4v) is 3.73. The number of aromatic nitrogens is 3. The van der Waals surface area contributed by atoms with Crippen LogP contribution in [-0.2, 0) is 28.9 Å². The first-order valence-electron chi connectivity index (χ1n) is 11.5. The number of aliphatic hydroxyl groups is 1. The first kappa shape index (κ1) is 30.7. The number of halogens is 7. The summed E-state index contributed by atoms with van der Waals surface area (Å²) >= 11 is 5.84. The summed E-state index contributed by atoms with van der Waals surface area (Å²) in [7, 11) is 0. The molecule has 1 heterocycles. The maximum Gasteiger partial charge on any atom is 0.416 e. The molecule has 40 heavy (non-hydrogen) atoms. The van der Waals surface area contributed by atoms with Crippen molar-refractivity contribution in [1.29, 1.82) is 0 Å². The van der Waals surface area contributed by atoms with E-state index in [0.29, 0.717) is 9.25 Å². The lowest BCUT2D eigenvalue weighted by molar-refractivity contribution is -0.207. The van der Waals surface area contributed by atoms with Gasteiger partial charge >= 0.3 is 18.0 Å². The van der Waals surface area contributed by atoms with E-state index in [4.69, 9.17) is 11.6 Å². The van der Waals surface area contributed by atoms with Crippen molar-refractivity contribution in [3.8, 4) is 11.4 Å². The van der Waals surface area contributed by atoms with Gasteiger partial charge < -0.3 is 15.7 Å². The van der Waals surface area contributed by atoms with Gasteiger partial charge in [-0.05, 0) is 42.0 Å². The molecule has 0 aliphatic rings. The van der Waals surface area contributed by atoms with Crippen LogP contribution in [0.1, 0.15) is 24.1 Å². The average molecular weight is 594 g/mol. The molecule has 0 fully saturated rings. The Balaban J connectivity index is 1.93. The van der Waals surface area contributed by atoms with E-state index in [1.165, 1.54) is 30.3 Å². The number of amides is 2. The first-order chi connectivity index (χ1) is 18.6. The Labute approximate surface area is 227 Å². The molecule has 0 radical (unpaired) electrons. The quantitative estimate of drug-likeness (QED) is 0.329. The molecule has 3 aromatic rings. The van der Waals surface area contributed by atoms with Gasteiger partial charge in [-0.25, -0.2) is 9.48 Å². The number of nitrogens with zero attached hydrogens (tertiary/aromatic N) is 3. The van der Waals surface area contributed by atoms with E-state index in [1.807, 2.05) is 0 Å². The number of nitrogens with one attached hydrogen (secondary N) is 2. The van der Waals surface area contributed by atoms with Crippen LogP contribution >= 0.6 is 11.6 Å². The largest absolute Gasteiger partial charge is 0.416 e. The minimum absolute atomic E-state index is 0.00930. The molecular formula is C24H22ClF6N5O4. The molecule has 3 rings (SSSR count). The zero-order valence-electron chi connectivity index (χ0n) is 20.6. The predicted molar refractivity (Wildman–Crippen MR) is 130 cm³/mol. The van der Waals surface area contributed by atoms with Gasteiger partial charge in [0, 0.05) is 24.1 Å². The molecule has 0 bridgehead atoms. The lowest BCUT2D eigenvalue weighted by atomic mass is 10.0. The molecule has 9 nitrogen and oxygen atoms in total. The number of hydrogen-bond donors (Lipinski definition) is 3. The molecule has 3 N–H and O–H groups in total. The zero-order chi connectivity index (χ0) is 29.8. The van der Waals surface area contributed by atoms with Crippen molar-refractivity contribution in [3.05, 3.63) is 75.2 Å². The molecule has 0 saturated heterocycles. The highest BCUT2D eigenvalue weighted by molar-refractivity contribution is 6.30. The van der Waals surface area contributed by atoms with Crippen LogP contribution in [0.5, 0.6) is 0 Å². The number of aliphatic hydroxyl groups excluding tert-OH is 1. The van der Waals surface area contributed by atoms with E-state index in [2.05, 4.69) is 15.7 Å². The Morgan fingerprint density at radius 3 is 2.30 bits per heavy atom. The third-order valence-electron chi connectivity index (χ3n) is 5.56. The maximum atomic E-state index is 13.2. The second-order valence-electron chi connectivity index (χ2n) is 8.62. The Bertz CT molecular complexity index is 1420. The SMILES string of the molecule is CC(=O)NCC(NC(=O)Cn1nc(-c2ccc(Cl)cc2)n(C[C@H](O)C(F)(F)F)c1=O)c1cccc(C(F)(F)F)c1. The lowest BCUT2D eigenvalue weighted by Gasteiger charge is -2.20. The van der Waals surface area contributed by atoms with E-state index in [1.54, 1.807) is 0 Å². The number of benzene rings is 2. The van der Waals surface area contributed by atoms with Crippen LogP contribution in [0.3, 0.4) is 0 Å². The summed E-state index contributed by atoms with van der Waals surface area (Å²) in [5.74, 6) is -1.78. The Morgan fingerprint density at radius 1 is 1.07 bits per heavy atom. The molecule has 0 aliphatic heterocycles. The zero-order valence-corrected chi connectivity index (χ0v) is 21.3. The van der Waals surface area contributed by atoms with Crippen molar-refractivity contribution in [2.24, 2.45) is 0 Å². The van der Waals surface area contributed by atoms with Gasteiger partial charge in [-0.1, -0.05) is 23.7 Å². The lowest BCUT2D eigenvalue weighted by Crippen LogP contribution is -2.41. The number of carbonyl (C=O) groups is 2. The Morgan fingerprint density at radius 2 is 1.73 bits per heavy atom. The minimum Gasteiger partial charge on any atom is -0.382 e. The van der Waals surface area contributed by atoms with E-state index in [0.717, 1.165) is 25.1 Å². The number of carbonyl (C=O) groups excluding carboxylic acids is 2.